The molecule has 0 bridgehead atoms. The Hall–Kier alpha value is -0.810. The third kappa shape index (κ3) is 2.06. The molecular weight excluding hydrogens is 136 g/mol. The SMILES string of the molecule is C=C=CC1(C)CCCC(=O)C1. The number of allylic oxidation sites excluding steroid dienone is 1. The third-order valence-corrected chi connectivity index (χ3v) is 2.26. The molecule has 0 radical (unpaired) electrons. The quantitative estimate of drug-likeness (QED) is 0.525. The third-order valence-electron chi connectivity index (χ3n) is 2.26. The van der Waals surface area contributed by atoms with E-state index in [1.54, 1.807) is 0 Å². The van der Waals surface area contributed by atoms with Gasteiger partial charge in [-0.15, -0.1) is 5.73 Å². The highest BCUT2D eigenvalue weighted by Gasteiger charge is 2.28. The predicted molar refractivity (Wildman–Crippen MR) is 45.3 cm³/mol. The first-order valence-corrected chi connectivity index (χ1v) is 4.05. The Kier molecular flexibility index (Phi) is 2.31. The largest absolute Gasteiger partial charge is 0.300 e. The highest BCUT2D eigenvalue weighted by atomic mass is 16.1. The molecule has 1 unspecified atom stereocenters. The second-order valence-corrected chi connectivity index (χ2v) is 3.57. The van der Waals surface area contributed by atoms with Crippen molar-refractivity contribution in [1.29, 1.82) is 0 Å². The minimum absolute atomic E-state index is 0.0527. The molecule has 0 aliphatic heterocycles. The molecule has 1 saturated carbocycles. The van der Waals surface area contributed by atoms with Crippen LogP contribution in [-0.2, 0) is 4.79 Å². The fourth-order valence-corrected chi connectivity index (χ4v) is 1.69. The van der Waals surface area contributed by atoms with E-state index in [0.29, 0.717) is 12.2 Å². The van der Waals surface area contributed by atoms with Crippen molar-refractivity contribution < 1.29 is 4.79 Å². The van der Waals surface area contributed by atoms with E-state index in [1.807, 2.05) is 6.08 Å². The maximum atomic E-state index is 11.1. The molecule has 0 heterocycles. The summed E-state index contributed by atoms with van der Waals surface area (Å²) >= 11 is 0. The van der Waals surface area contributed by atoms with Gasteiger partial charge >= 0.3 is 0 Å². The summed E-state index contributed by atoms with van der Waals surface area (Å²) in [5.74, 6) is 0.380. The van der Waals surface area contributed by atoms with Crippen LogP contribution >= 0.6 is 0 Å². The maximum absolute atomic E-state index is 11.1. The number of hydrogen-bond donors (Lipinski definition) is 0. The van der Waals surface area contributed by atoms with Crippen LogP contribution < -0.4 is 0 Å². The van der Waals surface area contributed by atoms with E-state index in [-0.39, 0.29) is 5.41 Å². The fourth-order valence-electron chi connectivity index (χ4n) is 1.69. The van der Waals surface area contributed by atoms with Crippen LogP contribution in [0.15, 0.2) is 18.4 Å². The number of rotatable bonds is 1. The highest BCUT2D eigenvalue weighted by molar-refractivity contribution is 5.80. The van der Waals surface area contributed by atoms with Crippen molar-refractivity contribution in [2.24, 2.45) is 5.41 Å². The topological polar surface area (TPSA) is 17.1 Å². The summed E-state index contributed by atoms with van der Waals surface area (Å²) in [6.45, 7) is 5.63. The van der Waals surface area contributed by atoms with Gasteiger partial charge in [-0.05, 0) is 24.3 Å². The normalized spacial score (nSPS) is 31.2. The molecule has 0 aromatic heterocycles. The second kappa shape index (κ2) is 3.06. The molecule has 0 spiro atoms. The van der Waals surface area contributed by atoms with Gasteiger partial charge < -0.3 is 0 Å². The summed E-state index contributed by atoms with van der Waals surface area (Å²) in [4.78, 5) is 11.1. The van der Waals surface area contributed by atoms with E-state index in [0.717, 1.165) is 19.3 Å². The lowest BCUT2D eigenvalue weighted by Gasteiger charge is -2.28. The van der Waals surface area contributed by atoms with Crippen molar-refractivity contribution >= 4 is 5.78 Å². The molecular formula is C10H14O. The first-order valence-electron chi connectivity index (χ1n) is 4.05. The van der Waals surface area contributed by atoms with Crippen LogP contribution in [0.25, 0.3) is 0 Å². The molecule has 1 rings (SSSR count). The van der Waals surface area contributed by atoms with Crippen molar-refractivity contribution in [3.05, 3.63) is 18.4 Å². The van der Waals surface area contributed by atoms with Gasteiger partial charge in [-0.2, -0.15) is 0 Å². The van der Waals surface area contributed by atoms with Crippen molar-refractivity contribution in [3.63, 3.8) is 0 Å². The van der Waals surface area contributed by atoms with Crippen LogP contribution in [0.5, 0.6) is 0 Å². The molecule has 1 nitrogen and oxygen atoms in total. The zero-order valence-electron chi connectivity index (χ0n) is 7.02. The number of carbonyl (C=O) groups excluding carboxylic acids is 1. The summed E-state index contributed by atoms with van der Waals surface area (Å²) in [7, 11) is 0. The van der Waals surface area contributed by atoms with Crippen LogP contribution in [0.2, 0.25) is 0 Å². The molecule has 0 aromatic carbocycles. The molecule has 1 atom stereocenters. The first kappa shape index (κ1) is 8.29. The zero-order valence-corrected chi connectivity index (χ0v) is 7.02. The van der Waals surface area contributed by atoms with Gasteiger partial charge in [0, 0.05) is 12.8 Å². The number of ketones is 1. The molecule has 1 aliphatic rings. The Balaban J connectivity index is 2.69. The smallest absolute Gasteiger partial charge is 0.133 e. The van der Waals surface area contributed by atoms with Crippen molar-refractivity contribution in [2.75, 3.05) is 0 Å². The van der Waals surface area contributed by atoms with E-state index in [2.05, 4.69) is 19.2 Å². The molecule has 11 heavy (non-hydrogen) atoms. The van der Waals surface area contributed by atoms with Gasteiger partial charge in [0.2, 0.25) is 0 Å². The lowest BCUT2D eigenvalue weighted by molar-refractivity contribution is -0.122. The average molecular weight is 150 g/mol. The monoisotopic (exact) mass is 150 g/mol. The van der Waals surface area contributed by atoms with Gasteiger partial charge in [0.25, 0.3) is 0 Å². The van der Waals surface area contributed by atoms with E-state index in [4.69, 9.17) is 0 Å². The van der Waals surface area contributed by atoms with E-state index < -0.39 is 0 Å². The van der Waals surface area contributed by atoms with Crippen molar-refractivity contribution in [1.82, 2.24) is 0 Å². The summed E-state index contributed by atoms with van der Waals surface area (Å²) in [5.41, 5.74) is 2.82. The maximum Gasteiger partial charge on any atom is 0.133 e. The summed E-state index contributed by atoms with van der Waals surface area (Å²) in [6.07, 6.45) is 5.49. The molecule has 0 saturated heterocycles. The van der Waals surface area contributed by atoms with Gasteiger partial charge in [-0.1, -0.05) is 13.5 Å². The lowest BCUT2D eigenvalue weighted by atomic mass is 9.75. The zero-order chi connectivity index (χ0) is 8.32. The van der Waals surface area contributed by atoms with E-state index in [1.165, 1.54) is 0 Å². The van der Waals surface area contributed by atoms with Gasteiger partial charge in [0.1, 0.15) is 5.78 Å². The predicted octanol–water partition coefficient (Wildman–Crippen LogP) is 2.48. The van der Waals surface area contributed by atoms with E-state index >= 15 is 0 Å². The Labute approximate surface area is 67.8 Å². The minimum atomic E-state index is 0.0527. The van der Waals surface area contributed by atoms with Gasteiger partial charge in [-0.25, -0.2) is 0 Å². The Bertz CT molecular complexity index is 211. The molecule has 60 valence electrons. The van der Waals surface area contributed by atoms with Crippen LogP contribution in [0.3, 0.4) is 0 Å². The van der Waals surface area contributed by atoms with Crippen LogP contribution in [0.4, 0.5) is 0 Å². The number of hydrogen-bond acceptors (Lipinski definition) is 1. The molecule has 1 fully saturated rings. The van der Waals surface area contributed by atoms with Gasteiger partial charge in [0.15, 0.2) is 0 Å². The summed E-state index contributed by atoms with van der Waals surface area (Å²) in [6, 6.07) is 0. The number of carbonyl (C=O) groups is 1. The fraction of sp³-hybridized carbons (Fsp3) is 0.600. The van der Waals surface area contributed by atoms with Crippen molar-refractivity contribution in [2.45, 2.75) is 32.6 Å². The van der Waals surface area contributed by atoms with Gasteiger partial charge in [0.05, 0.1) is 0 Å². The van der Waals surface area contributed by atoms with Gasteiger partial charge in [-0.3, -0.25) is 4.79 Å². The molecule has 0 aromatic rings. The van der Waals surface area contributed by atoms with Crippen LogP contribution in [0, 0.1) is 5.41 Å². The summed E-state index contributed by atoms with van der Waals surface area (Å²) in [5, 5.41) is 0. The second-order valence-electron chi connectivity index (χ2n) is 3.57. The Morgan fingerprint density at radius 3 is 3.00 bits per heavy atom. The molecule has 1 heteroatoms. The van der Waals surface area contributed by atoms with Crippen LogP contribution in [0.1, 0.15) is 32.6 Å². The Morgan fingerprint density at radius 2 is 2.45 bits per heavy atom. The Morgan fingerprint density at radius 1 is 1.73 bits per heavy atom. The molecule has 1 aliphatic carbocycles. The number of Topliss-reactive ketones (excluding diaryl/α,β-unsaturated/α-hetero) is 1. The lowest BCUT2D eigenvalue weighted by Crippen LogP contribution is -2.23. The van der Waals surface area contributed by atoms with E-state index in [9.17, 15) is 4.79 Å². The van der Waals surface area contributed by atoms with Crippen LogP contribution in [-0.4, -0.2) is 5.78 Å². The summed E-state index contributed by atoms with van der Waals surface area (Å²) < 4.78 is 0. The molecule has 0 amide bonds. The average Bonchev–Trinajstić information content (AvgIpc) is 1.86. The highest BCUT2D eigenvalue weighted by Crippen LogP contribution is 2.34. The first-order chi connectivity index (χ1) is 5.16. The minimum Gasteiger partial charge on any atom is -0.300 e. The molecule has 0 N–H and O–H groups in total. The standard InChI is InChI=1S/C10H14O/c1-3-6-10(2)7-4-5-9(11)8-10/h6H,1,4-5,7-8H2,2H3. The van der Waals surface area contributed by atoms with Crippen molar-refractivity contribution in [3.8, 4) is 0 Å².